The summed E-state index contributed by atoms with van der Waals surface area (Å²) in [5, 5.41) is 15.4. The number of nitrogens with zero attached hydrogens (tertiary/aromatic N) is 8. The number of aromatic nitrogens is 6. The monoisotopic (exact) mass is 968 g/mol. The Morgan fingerprint density at radius 1 is 0.914 bits per heavy atom. The molecule has 370 valence electrons. The average molecular weight is 969 g/mol. The number of piperazine rings is 1. The van der Waals surface area contributed by atoms with Gasteiger partial charge >= 0.3 is 11.9 Å². The van der Waals surface area contributed by atoms with Gasteiger partial charge in [0.05, 0.1) is 28.6 Å². The van der Waals surface area contributed by atoms with Crippen molar-refractivity contribution in [1.82, 2.24) is 49.3 Å². The van der Waals surface area contributed by atoms with Gasteiger partial charge in [0, 0.05) is 71.2 Å². The number of pyridine rings is 1. The molecule has 0 spiro atoms. The Hall–Kier alpha value is -7.17. The van der Waals surface area contributed by atoms with E-state index in [0.29, 0.717) is 69.1 Å². The second-order valence-corrected chi connectivity index (χ2v) is 17.4. The lowest BCUT2D eigenvalue weighted by atomic mass is 10.0. The van der Waals surface area contributed by atoms with E-state index in [9.17, 15) is 37.1 Å². The highest BCUT2D eigenvalue weighted by Crippen LogP contribution is 2.27. The molecule has 6 aromatic rings. The van der Waals surface area contributed by atoms with Crippen LogP contribution in [0.1, 0.15) is 76.7 Å². The van der Waals surface area contributed by atoms with E-state index in [-0.39, 0.29) is 52.7 Å². The second-order valence-electron chi connectivity index (χ2n) is 17.4. The Labute approximate surface area is 400 Å². The lowest BCUT2D eigenvalue weighted by molar-refractivity contribution is -0.135. The first-order valence-corrected chi connectivity index (χ1v) is 23.2. The maximum absolute atomic E-state index is 13.8. The number of amides is 4. The number of piperidine rings is 1. The van der Waals surface area contributed by atoms with Crippen molar-refractivity contribution in [3.05, 3.63) is 106 Å². The van der Waals surface area contributed by atoms with Crippen LogP contribution in [0, 0.1) is 0 Å². The van der Waals surface area contributed by atoms with Crippen molar-refractivity contribution >= 4 is 46.2 Å². The number of anilines is 2. The molecule has 1 unspecified atom stereocenters. The fourth-order valence-corrected chi connectivity index (χ4v) is 8.35. The maximum atomic E-state index is 13.8. The van der Waals surface area contributed by atoms with Gasteiger partial charge in [-0.05, 0) is 99.6 Å². The Bertz CT molecular complexity index is 2880. The second kappa shape index (κ2) is 22.1. The fourth-order valence-electron chi connectivity index (χ4n) is 8.35. The molecule has 8 rings (SSSR count). The highest BCUT2D eigenvalue weighted by molar-refractivity contribution is 6.07. The number of unbranched alkanes of at least 4 members (excludes halogenated alkanes) is 2. The van der Waals surface area contributed by atoms with E-state index in [1.807, 2.05) is 49.5 Å². The zero-order valence-corrected chi connectivity index (χ0v) is 38.9. The summed E-state index contributed by atoms with van der Waals surface area (Å²) in [4.78, 5) is 76.5. The van der Waals surface area contributed by atoms with E-state index < -0.39 is 30.6 Å². The number of aryl methyl sites for hydroxylation is 2. The number of nitrogens with one attached hydrogen (secondary N) is 4. The average Bonchev–Trinajstić information content (AvgIpc) is 4.07. The lowest BCUT2D eigenvalue weighted by Crippen LogP contribution is -2.47. The number of imidazole rings is 1. The normalized spacial score (nSPS) is 15.7. The van der Waals surface area contributed by atoms with Gasteiger partial charge in [0.2, 0.25) is 17.7 Å². The number of carbonyl (C=O) groups is 4. The van der Waals surface area contributed by atoms with Gasteiger partial charge < -0.3 is 34.9 Å². The summed E-state index contributed by atoms with van der Waals surface area (Å²) in [6, 6.07) is 15.7. The molecule has 4 aromatic heterocycles. The number of fused-ring (bicyclic) bond motifs is 1. The van der Waals surface area contributed by atoms with Gasteiger partial charge in [0.15, 0.2) is 11.4 Å². The van der Waals surface area contributed by atoms with Crippen LogP contribution in [0.4, 0.5) is 24.7 Å². The molecule has 2 saturated heterocycles. The van der Waals surface area contributed by atoms with Gasteiger partial charge in [-0.2, -0.15) is 18.3 Å². The van der Waals surface area contributed by atoms with Gasteiger partial charge in [-0.3, -0.25) is 33.6 Å². The van der Waals surface area contributed by atoms with Crippen LogP contribution in [-0.2, 0) is 34.3 Å². The Morgan fingerprint density at radius 2 is 1.67 bits per heavy atom. The minimum Gasteiger partial charge on any atom is -0.444 e. The topological polar surface area (TPSA) is 216 Å². The molecular formula is C48H55F3N12O7. The van der Waals surface area contributed by atoms with Gasteiger partial charge in [0.1, 0.15) is 24.7 Å². The number of likely N-dealkylation sites (N-methyl/N-ethyl adjacent to an activating group) is 1. The SMILES string of the molecule is CN1CCN(C(=O)c2nn(-c3ccc(CNCCCCOCCCCc4ccc5c(c4)n(C)c(=O)n5C4CCC(=O)NC4=O)cc3)cc2NC(=O)c2coc(-c3ccnc(NCC(F)(F)F)c3)n2)CC1. The highest BCUT2D eigenvalue weighted by atomic mass is 19.4. The number of hydrogen-bond acceptors (Lipinski definition) is 13. The molecule has 70 heavy (non-hydrogen) atoms. The Morgan fingerprint density at radius 3 is 2.43 bits per heavy atom. The first kappa shape index (κ1) is 49.3. The van der Waals surface area contributed by atoms with Crippen molar-refractivity contribution in [3.63, 3.8) is 0 Å². The van der Waals surface area contributed by atoms with Crippen LogP contribution in [0.3, 0.4) is 0 Å². The number of alkyl halides is 3. The molecule has 22 heteroatoms. The van der Waals surface area contributed by atoms with Gasteiger partial charge in [0.25, 0.3) is 11.8 Å². The van der Waals surface area contributed by atoms with Crippen LogP contribution in [0.25, 0.3) is 28.2 Å². The van der Waals surface area contributed by atoms with Crippen LogP contribution in [0.2, 0.25) is 0 Å². The van der Waals surface area contributed by atoms with Crippen molar-refractivity contribution in [2.24, 2.45) is 7.05 Å². The molecule has 2 aliphatic rings. The van der Waals surface area contributed by atoms with E-state index in [0.717, 1.165) is 61.6 Å². The Kier molecular flexibility index (Phi) is 15.5. The highest BCUT2D eigenvalue weighted by Gasteiger charge is 2.32. The summed E-state index contributed by atoms with van der Waals surface area (Å²) in [5.41, 5.74) is 4.36. The number of ether oxygens (including phenoxy) is 1. The quantitative estimate of drug-likeness (QED) is 0.0581. The van der Waals surface area contributed by atoms with E-state index in [2.05, 4.69) is 41.2 Å². The van der Waals surface area contributed by atoms with Crippen LogP contribution in [0.15, 0.2) is 82.5 Å². The van der Waals surface area contributed by atoms with Crippen LogP contribution in [-0.4, -0.2) is 128 Å². The van der Waals surface area contributed by atoms with E-state index >= 15 is 0 Å². The first-order chi connectivity index (χ1) is 33.7. The molecule has 4 amide bonds. The molecule has 1 atom stereocenters. The summed E-state index contributed by atoms with van der Waals surface area (Å²) >= 11 is 0. The van der Waals surface area contributed by atoms with Crippen molar-refractivity contribution in [2.45, 2.75) is 63.7 Å². The number of imide groups is 1. The predicted molar refractivity (Wildman–Crippen MR) is 252 cm³/mol. The molecular weight excluding hydrogens is 914 g/mol. The van der Waals surface area contributed by atoms with Gasteiger partial charge in [-0.1, -0.05) is 18.2 Å². The van der Waals surface area contributed by atoms with Crippen molar-refractivity contribution in [2.75, 3.05) is 70.2 Å². The third-order valence-electron chi connectivity index (χ3n) is 12.3. The fraction of sp³-hybridized carbons (Fsp3) is 0.417. The third kappa shape index (κ3) is 12.2. The van der Waals surface area contributed by atoms with Crippen LogP contribution < -0.4 is 27.0 Å². The molecule has 0 radical (unpaired) electrons. The summed E-state index contributed by atoms with van der Waals surface area (Å²) in [6.45, 7) is 3.82. The van der Waals surface area contributed by atoms with Crippen molar-refractivity contribution in [1.29, 1.82) is 0 Å². The minimum absolute atomic E-state index is 0.0114. The predicted octanol–water partition coefficient (Wildman–Crippen LogP) is 5.08. The molecule has 6 heterocycles. The van der Waals surface area contributed by atoms with E-state index in [1.54, 1.807) is 22.7 Å². The molecule has 4 N–H and O–H groups in total. The lowest BCUT2D eigenvalue weighted by Gasteiger charge is -2.32. The van der Waals surface area contributed by atoms with Gasteiger partial charge in [-0.25, -0.2) is 19.4 Å². The van der Waals surface area contributed by atoms with Crippen LogP contribution in [0.5, 0.6) is 0 Å². The number of carbonyl (C=O) groups excluding carboxylic acids is 4. The summed E-state index contributed by atoms with van der Waals surface area (Å²) < 4.78 is 54.2. The van der Waals surface area contributed by atoms with Gasteiger partial charge in [-0.15, -0.1) is 0 Å². The summed E-state index contributed by atoms with van der Waals surface area (Å²) in [7, 11) is 3.67. The molecule has 0 aliphatic carbocycles. The van der Waals surface area contributed by atoms with Crippen molar-refractivity contribution < 1.29 is 41.5 Å². The zero-order chi connectivity index (χ0) is 49.4. The van der Waals surface area contributed by atoms with Crippen LogP contribution >= 0.6 is 0 Å². The molecule has 19 nitrogen and oxygen atoms in total. The Balaban J connectivity index is 0.780. The third-order valence-corrected chi connectivity index (χ3v) is 12.3. The molecule has 0 bridgehead atoms. The molecule has 0 saturated carbocycles. The largest absolute Gasteiger partial charge is 0.444 e. The summed E-state index contributed by atoms with van der Waals surface area (Å²) in [5.74, 6) is -1.84. The zero-order valence-electron chi connectivity index (χ0n) is 38.9. The summed E-state index contributed by atoms with van der Waals surface area (Å²) in [6.07, 6.45) is 4.52. The number of benzene rings is 2. The number of rotatable bonds is 20. The maximum Gasteiger partial charge on any atom is 0.405 e. The number of halogens is 3. The molecule has 2 fully saturated rings. The molecule has 2 aromatic carbocycles. The van der Waals surface area contributed by atoms with Crippen molar-refractivity contribution in [3.8, 4) is 17.1 Å². The first-order valence-electron chi connectivity index (χ1n) is 23.2. The minimum atomic E-state index is -4.44. The van der Waals surface area contributed by atoms with E-state index in [1.165, 1.54) is 27.6 Å². The number of hydrogen-bond donors (Lipinski definition) is 4. The standard InChI is InChI=1S/C48H55F3N12O7/c1-59-19-21-61(22-20-59)46(67)42-35(55-43(65)36-29-70-45(56-36)33-16-18-53-40(26-33)54-30-48(49,50)51)28-62(58-42)34-11-8-32(9-12-34)27-52-17-4-6-24-69-23-5-3-7-31-10-13-37-39(25-31)60(2)47(68)63(37)38-14-15-41(64)57-44(38)66/h8-13,16,18,25-26,28-29,38,52H,3-7,14-15,17,19-24,27,30H2,1-2H3,(H,53,54)(H,55,65)(H,57,64,66). The number of oxazole rings is 1. The smallest absolute Gasteiger partial charge is 0.405 e. The molecule has 2 aliphatic heterocycles. The van der Waals surface area contributed by atoms with E-state index in [4.69, 9.17) is 9.15 Å².